The van der Waals surface area contributed by atoms with E-state index in [4.69, 9.17) is 9.47 Å². The normalized spacial score (nSPS) is 31.6. The lowest BCUT2D eigenvalue weighted by atomic mass is 9.88. The number of ether oxygens (including phenoxy) is 2. The minimum atomic E-state index is -0.482. The molecule has 0 saturated carbocycles. The van der Waals surface area contributed by atoms with Crippen LogP contribution in [0.2, 0.25) is 0 Å². The first-order chi connectivity index (χ1) is 7.60. The molecule has 2 rings (SSSR count). The van der Waals surface area contributed by atoms with Gasteiger partial charge in [-0.05, 0) is 22.4 Å². The van der Waals surface area contributed by atoms with E-state index in [9.17, 15) is 9.59 Å². The maximum atomic E-state index is 11.6. The number of carbonyl (C=O) groups excluding carboxylic acids is 2. The molecule has 2 aliphatic heterocycles. The molecule has 2 atom stereocenters. The first-order valence-electron chi connectivity index (χ1n) is 4.73. The van der Waals surface area contributed by atoms with Crippen molar-refractivity contribution in [3.63, 3.8) is 0 Å². The molecule has 4 nitrogen and oxygen atoms in total. The second-order valence-electron chi connectivity index (χ2n) is 3.46. The van der Waals surface area contributed by atoms with Crippen LogP contribution < -0.4 is 0 Å². The zero-order valence-electron chi connectivity index (χ0n) is 8.33. The molecular formula is C10H8Br2O4. The first-order valence-corrected chi connectivity index (χ1v) is 6.44. The molecule has 16 heavy (non-hydrogen) atoms. The molecule has 0 bridgehead atoms. The Morgan fingerprint density at radius 1 is 1.44 bits per heavy atom. The van der Waals surface area contributed by atoms with E-state index in [-0.39, 0.29) is 11.9 Å². The Morgan fingerprint density at radius 3 is 2.56 bits per heavy atom. The van der Waals surface area contributed by atoms with E-state index in [1.807, 2.05) is 6.92 Å². The van der Waals surface area contributed by atoms with E-state index in [1.165, 1.54) is 4.99 Å². The molecule has 2 unspecified atom stereocenters. The quantitative estimate of drug-likeness (QED) is 0.717. The highest BCUT2D eigenvalue weighted by Gasteiger charge is 2.49. The number of carbonyl (C=O) groups is 2. The standard InChI is InChI=1S/C10H8Br2O4/c1-2-4-8(16-9(4)13)6-7(12)5(3-11)15-10(6)14/h3-4,8H,2H2,1H3. The fourth-order valence-electron chi connectivity index (χ4n) is 1.72. The van der Waals surface area contributed by atoms with Crippen LogP contribution in [0.4, 0.5) is 0 Å². The molecule has 86 valence electrons. The van der Waals surface area contributed by atoms with Crippen molar-refractivity contribution >= 4 is 43.8 Å². The van der Waals surface area contributed by atoms with Crippen LogP contribution in [-0.2, 0) is 19.1 Å². The second-order valence-corrected chi connectivity index (χ2v) is 4.71. The molecule has 1 saturated heterocycles. The van der Waals surface area contributed by atoms with Gasteiger partial charge in [-0.25, -0.2) is 4.79 Å². The smallest absolute Gasteiger partial charge is 0.344 e. The van der Waals surface area contributed by atoms with Crippen LogP contribution in [0.5, 0.6) is 0 Å². The summed E-state index contributed by atoms with van der Waals surface area (Å²) >= 11 is 6.36. The molecule has 2 aliphatic rings. The number of hydrogen-bond acceptors (Lipinski definition) is 4. The second kappa shape index (κ2) is 4.33. The van der Waals surface area contributed by atoms with E-state index in [1.54, 1.807) is 0 Å². The maximum Gasteiger partial charge on any atom is 0.344 e. The van der Waals surface area contributed by atoms with Gasteiger partial charge >= 0.3 is 11.9 Å². The number of halogens is 2. The zero-order chi connectivity index (χ0) is 11.9. The average Bonchev–Trinajstić information content (AvgIpc) is 2.51. The van der Waals surface area contributed by atoms with Gasteiger partial charge in [-0.2, -0.15) is 0 Å². The van der Waals surface area contributed by atoms with Crippen LogP contribution in [0.15, 0.2) is 20.8 Å². The summed E-state index contributed by atoms with van der Waals surface area (Å²) in [6.45, 7) is 1.88. The first kappa shape index (κ1) is 11.9. The molecule has 0 N–H and O–H groups in total. The van der Waals surface area contributed by atoms with Gasteiger partial charge in [0.25, 0.3) is 0 Å². The van der Waals surface area contributed by atoms with Crippen LogP contribution in [0, 0.1) is 5.92 Å². The van der Waals surface area contributed by atoms with Gasteiger partial charge in [-0.3, -0.25) is 4.79 Å². The summed E-state index contributed by atoms with van der Waals surface area (Å²) < 4.78 is 10.5. The summed E-state index contributed by atoms with van der Waals surface area (Å²) in [5.41, 5.74) is 0.386. The van der Waals surface area contributed by atoms with Crippen LogP contribution in [0.25, 0.3) is 0 Å². The van der Waals surface area contributed by atoms with Crippen LogP contribution in [0.3, 0.4) is 0 Å². The molecule has 0 aliphatic carbocycles. The molecule has 0 amide bonds. The van der Waals surface area contributed by atoms with Gasteiger partial charge in [0.15, 0.2) is 5.76 Å². The average molecular weight is 352 g/mol. The van der Waals surface area contributed by atoms with E-state index in [2.05, 4.69) is 31.9 Å². The Kier molecular flexibility index (Phi) is 3.21. The van der Waals surface area contributed by atoms with Gasteiger partial charge in [0.05, 0.1) is 16.0 Å². The fraction of sp³-hybridized carbons (Fsp3) is 0.400. The SMILES string of the molecule is CCC1C(=O)OC1C1=C(Br)C(=CBr)OC1=O. The molecule has 0 aromatic heterocycles. The number of allylic oxidation sites excluding steroid dienone is 1. The van der Waals surface area contributed by atoms with Gasteiger partial charge in [0, 0.05) is 4.99 Å². The fourth-order valence-corrected chi connectivity index (χ4v) is 2.93. The van der Waals surface area contributed by atoms with Crippen molar-refractivity contribution in [2.75, 3.05) is 0 Å². The Balaban J connectivity index is 2.31. The van der Waals surface area contributed by atoms with Crippen molar-refractivity contribution in [1.29, 1.82) is 0 Å². The van der Waals surface area contributed by atoms with Gasteiger partial charge < -0.3 is 9.47 Å². The van der Waals surface area contributed by atoms with Crippen molar-refractivity contribution < 1.29 is 19.1 Å². The van der Waals surface area contributed by atoms with Crippen LogP contribution >= 0.6 is 31.9 Å². The van der Waals surface area contributed by atoms with E-state index in [0.29, 0.717) is 22.2 Å². The highest BCUT2D eigenvalue weighted by molar-refractivity contribution is 9.12. The summed E-state index contributed by atoms with van der Waals surface area (Å²) in [7, 11) is 0. The van der Waals surface area contributed by atoms with Crippen LogP contribution in [0.1, 0.15) is 13.3 Å². The van der Waals surface area contributed by atoms with E-state index >= 15 is 0 Å². The van der Waals surface area contributed by atoms with Crippen molar-refractivity contribution in [1.82, 2.24) is 0 Å². The van der Waals surface area contributed by atoms with Crippen molar-refractivity contribution in [2.45, 2.75) is 19.4 Å². The van der Waals surface area contributed by atoms with Crippen molar-refractivity contribution in [2.24, 2.45) is 5.92 Å². The third kappa shape index (κ3) is 1.64. The largest absolute Gasteiger partial charge is 0.456 e. The van der Waals surface area contributed by atoms with Gasteiger partial charge in [0.2, 0.25) is 0 Å². The summed E-state index contributed by atoms with van der Waals surface area (Å²) in [5, 5.41) is 0. The number of cyclic esters (lactones) is 2. The zero-order valence-corrected chi connectivity index (χ0v) is 11.5. The summed E-state index contributed by atoms with van der Waals surface area (Å²) in [6, 6.07) is 0. The third-order valence-corrected chi connectivity index (χ3v) is 3.84. The number of hydrogen-bond donors (Lipinski definition) is 0. The molecule has 0 spiro atoms. The molecule has 0 radical (unpaired) electrons. The lowest BCUT2D eigenvalue weighted by molar-refractivity contribution is -0.180. The molecule has 0 aromatic rings. The Bertz CT molecular complexity index is 425. The van der Waals surface area contributed by atoms with Gasteiger partial charge in [-0.15, -0.1) is 0 Å². The van der Waals surface area contributed by atoms with Gasteiger partial charge in [-0.1, -0.05) is 22.9 Å². The predicted octanol–water partition coefficient (Wildman–Crippen LogP) is 2.38. The minimum absolute atomic E-state index is 0.246. The highest BCUT2D eigenvalue weighted by Crippen LogP contribution is 2.40. The molecule has 6 heteroatoms. The summed E-state index contributed by atoms with van der Waals surface area (Å²) in [6.07, 6.45) is 0.165. The maximum absolute atomic E-state index is 11.6. The Hall–Kier alpha value is -0.620. The van der Waals surface area contributed by atoms with Gasteiger partial charge in [0.1, 0.15) is 6.10 Å². The summed E-state index contributed by atoms with van der Waals surface area (Å²) in [4.78, 5) is 24.3. The van der Waals surface area contributed by atoms with Crippen molar-refractivity contribution in [3.8, 4) is 0 Å². The molecular weight excluding hydrogens is 344 g/mol. The molecule has 1 fully saturated rings. The van der Waals surface area contributed by atoms with E-state index in [0.717, 1.165) is 0 Å². The monoisotopic (exact) mass is 350 g/mol. The Labute approximate surface area is 109 Å². The number of rotatable bonds is 2. The van der Waals surface area contributed by atoms with Crippen LogP contribution in [-0.4, -0.2) is 18.0 Å². The molecule has 2 heterocycles. The number of esters is 2. The minimum Gasteiger partial charge on any atom is -0.456 e. The third-order valence-electron chi connectivity index (χ3n) is 2.61. The van der Waals surface area contributed by atoms with E-state index < -0.39 is 12.1 Å². The lowest BCUT2D eigenvalue weighted by Gasteiger charge is -2.34. The topological polar surface area (TPSA) is 52.6 Å². The lowest BCUT2D eigenvalue weighted by Crippen LogP contribution is -2.47. The summed E-state index contributed by atoms with van der Waals surface area (Å²) in [5.74, 6) is -0.569. The highest BCUT2D eigenvalue weighted by atomic mass is 79.9. The predicted molar refractivity (Wildman–Crippen MR) is 62.7 cm³/mol. The molecule has 0 aromatic carbocycles. The Morgan fingerprint density at radius 2 is 2.12 bits per heavy atom. The van der Waals surface area contributed by atoms with Crippen molar-refractivity contribution in [3.05, 3.63) is 20.8 Å².